The van der Waals surface area contributed by atoms with Gasteiger partial charge in [-0.2, -0.15) is 4.31 Å². The molecule has 2 rings (SSSR count). The van der Waals surface area contributed by atoms with Gasteiger partial charge in [-0.25, -0.2) is 13.0 Å². The van der Waals surface area contributed by atoms with E-state index in [0.29, 0.717) is 22.8 Å². The Morgan fingerprint density at radius 1 is 1.19 bits per heavy atom. The number of benzene rings is 1. The van der Waals surface area contributed by atoms with Crippen LogP contribution in [-0.4, -0.2) is 29.6 Å². The predicted molar refractivity (Wildman–Crippen MR) is 78.2 cm³/mol. The van der Waals surface area contributed by atoms with Gasteiger partial charge in [-0.1, -0.05) is 29.4 Å². The quantitative estimate of drug-likeness (QED) is 0.846. The predicted octanol–water partition coefficient (Wildman–Crippen LogP) is 2.21. The van der Waals surface area contributed by atoms with E-state index in [1.165, 1.54) is 4.31 Å². The molecule has 114 valence electrons. The van der Waals surface area contributed by atoms with Gasteiger partial charge in [0.05, 0.1) is 11.4 Å². The molecule has 0 aliphatic rings. The number of hydrogen-bond donors (Lipinski definition) is 0. The molecule has 0 radical (unpaired) electrons. The first-order valence-electron chi connectivity index (χ1n) is 6.71. The van der Waals surface area contributed by atoms with E-state index in [1.807, 2.05) is 19.1 Å². The Balaban J connectivity index is 2.40. The topological polar surface area (TPSA) is 76.3 Å². The van der Waals surface area contributed by atoms with Gasteiger partial charge in [0.25, 0.3) is 0 Å². The molecule has 2 aromatic rings. The normalized spacial score (nSPS) is 12.0. The Hall–Kier alpha value is -1.73. The van der Waals surface area contributed by atoms with Crippen molar-refractivity contribution in [3.8, 4) is 0 Å². The van der Waals surface area contributed by atoms with Crippen LogP contribution in [0.2, 0.25) is 0 Å². The molecule has 1 aromatic heterocycles. The van der Waals surface area contributed by atoms with Crippen LogP contribution in [0.3, 0.4) is 0 Å². The molecule has 0 amide bonds. The largest absolute Gasteiger partial charge is 0.244 e. The lowest BCUT2D eigenvalue weighted by molar-refractivity contribution is 0.296. The molecular formula is C14H19N3O3S. The van der Waals surface area contributed by atoms with Crippen molar-refractivity contribution >= 4 is 10.0 Å². The first kappa shape index (κ1) is 15.7. The Morgan fingerprint density at radius 3 is 2.48 bits per heavy atom. The molecular weight excluding hydrogens is 290 g/mol. The zero-order valence-corrected chi connectivity index (χ0v) is 13.4. The third-order valence-electron chi connectivity index (χ3n) is 3.39. The summed E-state index contributed by atoms with van der Waals surface area (Å²) in [6, 6.07) is 5.41. The van der Waals surface area contributed by atoms with Crippen molar-refractivity contribution in [2.24, 2.45) is 0 Å². The fourth-order valence-corrected chi connectivity index (χ4v) is 3.77. The van der Waals surface area contributed by atoms with E-state index in [0.717, 1.165) is 11.1 Å². The second-order valence-corrected chi connectivity index (χ2v) is 6.90. The minimum atomic E-state index is -3.57. The molecule has 0 spiro atoms. The molecule has 0 atom stereocenters. The highest BCUT2D eigenvalue weighted by Gasteiger charge is 2.26. The molecule has 0 fully saturated rings. The number of nitrogens with zero attached hydrogens (tertiary/aromatic N) is 3. The van der Waals surface area contributed by atoms with Gasteiger partial charge in [-0.05, 0) is 38.0 Å². The summed E-state index contributed by atoms with van der Waals surface area (Å²) >= 11 is 0. The lowest BCUT2D eigenvalue weighted by atomic mass is 10.2. The summed E-state index contributed by atoms with van der Waals surface area (Å²) in [5.41, 5.74) is 2.78. The standard InChI is InChI=1S/C14H19N3O3S/c1-5-17(9-13-12(4)15-20-16-13)21(18,19)14-8-10(2)6-7-11(14)3/h6-8H,5,9H2,1-4H3. The number of aromatic nitrogens is 2. The Bertz CT molecular complexity index is 738. The van der Waals surface area contributed by atoms with Crippen LogP contribution in [0.4, 0.5) is 0 Å². The summed E-state index contributed by atoms with van der Waals surface area (Å²) in [6.07, 6.45) is 0. The van der Waals surface area contributed by atoms with Crippen molar-refractivity contribution in [3.63, 3.8) is 0 Å². The molecule has 1 aromatic carbocycles. The Morgan fingerprint density at radius 2 is 1.90 bits per heavy atom. The lowest BCUT2D eigenvalue weighted by Crippen LogP contribution is -2.31. The molecule has 1 heterocycles. The molecule has 0 saturated carbocycles. The molecule has 0 aliphatic carbocycles. The second kappa shape index (κ2) is 5.95. The first-order chi connectivity index (χ1) is 9.86. The van der Waals surface area contributed by atoms with Crippen LogP contribution in [-0.2, 0) is 16.6 Å². The van der Waals surface area contributed by atoms with Crippen LogP contribution in [0.1, 0.15) is 29.4 Å². The number of sulfonamides is 1. The number of hydrogen-bond acceptors (Lipinski definition) is 5. The molecule has 6 nitrogen and oxygen atoms in total. The van der Waals surface area contributed by atoms with Crippen molar-refractivity contribution in [2.45, 2.75) is 39.1 Å². The van der Waals surface area contributed by atoms with Crippen LogP contribution in [0.5, 0.6) is 0 Å². The highest BCUT2D eigenvalue weighted by atomic mass is 32.2. The van der Waals surface area contributed by atoms with Crippen LogP contribution < -0.4 is 0 Å². The van der Waals surface area contributed by atoms with Crippen LogP contribution >= 0.6 is 0 Å². The Kier molecular flexibility index (Phi) is 4.43. The number of rotatable bonds is 5. The van der Waals surface area contributed by atoms with E-state index in [2.05, 4.69) is 14.9 Å². The fraction of sp³-hybridized carbons (Fsp3) is 0.429. The highest BCUT2D eigenvalue weighted by molar-refractivity contribution is 7.89. The van der Waals surface area contributed by atoms with Gasteiger partial charge >= 0.3 is 0 Å². The van der Waals surface area contributed by atoms with E-state index >= 15 is 0 Å². The lowest BCUT2D eigenvalue weighted by Gasteiger charge is -2.20. The van der Waals surface area contributed by atoms with Gasteiger partial charge in [0.1, 0.15) is 11.4 Å². The van der Waals surface area contributed by atoms with Gasteiger partial charge in [-0.15, -0.1) is 0 Å². The third-order valence-corrected chi connectivity index (χ3v) is 5.45. The second-order valence-electron chi connectivity index (χ2n) is 5.00. The monoisotopic (exact) mass is 309 g/mol. The zero-order valence-electron chi connectivity index (χ0n) is 12.6. The summed E-state index contributed by atoms with van der Waals surface area (Å²) in [4.78, 5) is 0.332. The maximum atomic E-state index is 12.8. The first-order valence-corrected chi connectivity index (χ1v) is 8.15. The maximum absolute atomic E-state index is 12.8. The minimum Gasteiger partial charge on any atom is -0.244 e. The van der Waals surface area contributed by atoms with Gasteiger partial charge in [0.2, 0.25) is 10.0 Å². The summed E-state index contributed by atoms with van der Waals surface area (Å²) in [6.45, 7) is 7.71. The number of aryl methyl sites for hydroxylation is 3. The van der Waals surface area contributed by atoms with Crippen molar-refractivity contribution in [2.75, 3.05) is 6.54 Å². The molecule has 7 heteroatoms. The summed E-state index contributed by atoms with van der Waals surface area (Å²) < 4.78 is 31.6. The van der Waals surface area contributed by atoms with Crippen LogP contribution in [0.15, 0.2) is 27.7 Å². The van der Waals surface area contributed by atoms with Crippen LogP contribution in [0, 0.1) is 20.8 Å². The van der Waals surface area contributed by atoms with E-state index in [9.17, 15) is 8.42 Å². The van der Waals surface area contributed by atoms with E-state index in [-0.39, 0.29) is 6.54 Å². The van der Waals surface area contributed by atoms with Gasteiger partial charge in [0, 0.05) is 6.54 Å². The highest BCUT2D eigenvalue weighted by Crippen LogP contribution is 2.22. The molecule has 0 N–H and O–H groups in total. The summed E-state index contributed by atoms with van der Waals surface area (Å²) in [7, 11) is -3.57. The SMILES string of the molecule is CCN(Cc1nonc1C)S(=O)(=O)c1cc(C)ccc1C. The fourth-order valence-electron chi connectivity index (χ4n) is 2.05. The Labute approximate surface area is 124 Å². The van der Waals surface area contributed by atoms with Gasteiger partial charge < -0.3 is 0 Å². The molecule has 21 heavy (non-hydrogen) atoms. The molecule has 0 aliphatic heterocycles. The molecule has 0 saturated heterocycles. The van der Waals surface area contributed by atoms with Gasteiger partial charge in [0.15, 0.2) is 0 Å². The van der Waals surface area contributed by atoms with E-state index in [4.69, 9.17) is 0 Å². The average molecular weight is 309 g/mol. The van der Waals surface area contributed by atoms with E-state index < -0.39 is 10.0 Å². The van der Waals surface area contributed by atoms with Crippen molar-refractivity contribution < 1.29 is 13.0 Å². The molecule has 0 bridgehead atoms. The van der Waals surface area contributed by atoms with Crippen molar-refractivity contribution in [1.82, 2.24) is 14.6 Å². The maximum Gasteiger partial charge on any atom is 0.243 e. The minimum absolute atomic E-state index is 0.154. The zero-order chi connectivity index (χ0) is 15.6. The van der Waals surface area contributed by atoms with Crippen molar-refractivity contribution in [1.29, 1.82) is 0 Å². The smallest absolute Gasteiger partial charge is 0.243 e. The third kappa shape index (κ3) is 3.14. The average Bonchev–Trinajstić information content (AvgIpc) is 2.83. The molecule has 0 unspecified atom stereocenters. The van der Waals surface area contributed by atoms with Gasteiger partial charge in [-0.3, -0.25) is 0 Å². The van der Waals surface area contributed by atoms with Crippen LogP contribution in [0.25, 0.3) is 0 Å². The summed E-state index contributed by atoms with van der Waals surface area (Å²) in [5.74, 6) is 0. The van der Waals surface area contributed by atoms with E-state index in [1.54, 1.807) is 26.8 Å². The van der Waals surface area contributed by atoms with Crippen molar-refractivity contribution in [3.05, 3.63) is 40.7 Å². The summed E-state index contributed by atoms with van der Waals surface area (Å²) in [5, 5.41) is 7.44.